The summed E-state index contributed by atoms with van der Waals surface area (Å²) in [7, 11) is 2.05. The van der Waals surface area contributed by atoms with Gasteiger partial charge in [-0.25, -0.2) is 9.18 Å². The molecule has 1 heterocycles. The highest BCUT2D eigenvalue weighted by molar-refractivity contribution is 5.90. The van der Waals surface area contributed by atoms with Gasteiger partial charge in [-0.05, 0) is 32.2 Å². The molecule has 1 fully saturated rings. The topological polar surface area (TPSA) is 32.8 Å². The summed E-state index contributed by atoms with van der Waals surface area (Å²) in [6.45, 7) is 5.45. The van der Waals surface area contributed by atoms with E-state index in [2.05, 4.69) is 11.9 Å². The van der Waals surface area contributed by atoms with Crippen molar-refractivity contribution in [3.8, 4) is 0 Å². The van der Waals surface area contributed by atoms with Crippen molar-refractivity contribution in [1.29, 1.82) is 0 Å². The van der Waals surface area contributed by atoms with Gasteiger partial charge in [-0.1, -0.05) is 12.2 Å². The molecule has 0 unspecified atom stereocenters. The number of anilines is 1. The van der Waals surface area contributed by atoms with Gasteiger partial charge in [0.2, 0.25) is 0 Å². The zero-order valence-corrected chi connectivity index (χ0v) is 12.5. The van der Waals surface area contributed by atoms with Crippen molar-refractivity contribution in [2.75, 3.05) is 44.7 Å². The number of ether oxygens (including phenoxy) is 1. The Labute approximate surface area is 124 Å². The van der Waals surface area contributed by atoms with E-state index in [1.165, 1.54) is 6.07 Å². The van der Waals surface area contributed by atoms with E-state index in [1.807, 2.05) is 11.8 Å². The van der Waals surface area contributed by atoms with Gasteiger partial charge in [-0.2, -0.15) is 0 Å². The molecule has 0 amide bonds. The zero-order valence-electron chi connectivity index (χ0n) is 12.5. The number of benzene rings is 1. The van der Waals surface area contributed by atoms with Crippen LogP contribution in [0.5, 0.6) is 0 Å². The first-order valence-corrected chi connectivity index (χ1v) is 7.13. The van der Waals surface area contributed by atoms with E-state index in [0.717, 1.165) is 26.2 Å². The van der Waals surface area contributed by atoms with Crippen LogP contribution in [0, 0.1) is 5.82 Å². The molecule has 0 aromatic heterocycles. The van der Waals surface area contributed by atoms with Gasteiger partial charge in [0, 0.05) is 26.2 Å². The molecule has 0 radical (unpaired) electrons. The molecule has 5 heteroatoms. The minimum absolute atomic E-state index is 0.206. The van der Waals surface area contributed by atoms with Gasteiger partial charge in [0.05, 0.1) is 11.3 Å². The van der Waals surface area contributed by atoms with Crippen molar-refractivity contribution in [1.82, 2.24) is 4.90 Å². The summed E-state index contributed by atoms with van der Waals surface area (Å²) in [6, 6.07) is 4.54. The summed E-state index contributed by atoms with van der Waals surface area (Å²) in [5, 5.41) is 0. The summed E-state index contributed by atoms with van der Waals surface area (Å²) >= 11 is 0. The van der Waals surface area contributed by atoms with Crippen LogP contribution in [0.25, 0.3) is 0 Å². The van der Waals surface area contributed by atoms with E-state index in [-0.39, 0.29) is 18.0 Å². The molecule has 2 rings (SSSR count). The van der Waals surface area contributed by atoms with Crippen LogP contribution in [0.3, 0.4) is 0 Å². The Morgan fingerprint density at radius 1 is 1.33 bits per heavy atom. The third-order valence-corrected chi connectivity index (χ3v) is 3.57. The van der Waals surface area contributed by atoms with E-state index in [0.29, 0.717) is 5.69 Å². The first-order chi connectivity index (χ1) is 10.1. The lowest BCUT2D eigenvalue weighted by atomic mass is 10.1. The van der Waals surface area contributed by atoms with Crippen molar-refractivity contribution in [3.05, 3.63) is 41.7 Å². The normalized spacial score (nSPS) is 16.4. The van der Waals surface area contributed by atoms with Crippen LogP contribution in [0.15, 0.2) is 30.4 Å². The van der Waals surface area contributed by atoms with Crippen molar-refractivity contribution in [2.24, 2.45) is 0 Å². The monoisotopic (exact) mass is 292 g/mol. The average Bonchev–Trinajstić information content (AvgIpc) is 2.48. The van der Waals surface area contributed by atoms with E-state index in [1.54, 1.807) is 24.3 Å². The molecule has 4 nitrogen and oxygen atoms in total. The van der Waals surface area contributed by atoms with Gasteiger partial charge in [-0.3, -0.25) is 0 Å². The second-order valence-corrected chi connectivity index (χ2v) is 5.12. The molecule has 21 heavy (non-hydrogen) atoms. The van der Waals surface area contributed by atoms with Crippen LogP contribution in [0.1, 0.15) is 17.3 Å². The predicted octanol–water partition coefficient (Wildman–Crippen LogP) is 2.31. The molecule has 0 spiro atoms. The molecule has 0 bridgehead atoms. The lowest BCUT2D eigenvalue weighted by Gasteiger charge is -2.34. The Bertz CT molecular complexity index is 523. The fraction of sp³-hybridized carbons (Fsp3) is 0.438. The second-order valence-electron chi connectivity index (χ2n) is 5.12. The fourth-order valence-corrected chi connectivity index (χ4v) is 2.24. The summed E-state index contributed by atoms with van der Waals surface area (Å²) in [5.41, 5.74) is 0.794. The number of piperazine rings is 1. The number of likely N-dealkylation sites (N-methyl/N-ethyl adjacent to an activating group) is 1. The summed E-state index contributed by atoms with van der Waals surface area (Å²) in [6.07, 6.45) is 3.52. The summed E-state index contributed by atoms with van der Waals surface area (Å²) in [4.78, 5) is 16.0. The molecule has 1 saturated heterocycles. The summed E-state index contributed by atoms with van der Waals surface area (Å²) in [5.74, 6) is -0.878. The molecule has 0 aliphatic carbocycles. The molecule has 1 aliphatic heterocycles. The van der Waals surface area contributed by atoms with E-state index in [9.17, 15) is 9.18 Å². The highest BCUT2D eigenvalue weighted by Gasteiger charge is 2.18. The minimum atomic E-state index is -0.503. The maximum absolute atomic E-state index is 14.2. The van der Waals surface area contributed by atoms with Crippen molar-refractivity contribution in [2.45, 2.75) is 6.92 Å². The van der Waals surface area contributed by atoms with E-state index < -0.39 is 5.97 Å². The smallest absolute Gasteiger partial charge is 0.338 e. The van der Waals surface area contributed by atoms with Gasteiger partial charge >= 0.3 is 5.97 Å². The van der Waals surface area contributed by atoms with Gasteiger partial charge < -0.3 is 14.5 Å². The minimum Gasteiger partial charge on any atom is -0.458 e. The number of esters is 1. The van der Waals surface area contributed by atoms with Crippen LogP contribution in [0.4, 0.5) is 10.1 Å². The number of hydrogen-bond acceptors (Lipinski definition) is 4. The van der Waals surface area contributed by atoms with Gasteiger partial charge in [0.15, 0.2) is 0 Å². The highest BCUT2D eigenvalue weighted by atomic mass is 19.1. The third-order valence-electron chi connectivity index (χ3n) is 3.57. The van der Waals surface area contributed by atoms with Gasteiger partial charge in [0.25, 0.3) is 0 Å². The summed E-state index contributed by atoms with van der Waals surface area (Å²) < 4.78 is 19.2. The highest BCUT2D eigenvalue weighted by Crippen LogP contribution is 2.22. The SMILES string of the molecule is C/C=C/COC(=O)c1ccc(N2CCN(C)CC2)c(F)c1. The van der Waals surface area contributed by atoms with Crippen molar-refractivity contribution < 1.29 is 13.9 Å². The lowest BCUT2D eigenvalue weighted by molar-refractivity contribution is 0.0549. The van der Waals surface area contributed by atoms with Crippen molar-refractivity contribution in [3.63, 3.8) is 0 Å². The Hall–Kier alpha value is -1.88. The fourth-order valence-electron chi connectivity index (χ4n) is 2.24. The Morgan fingerprint density at radius 2 is 2.05 bits per heavy atom. The molecule has 0 saturated carbocycles. The zero-order chi connectivity index (χ0) is 15.2. The average molecular weight is 292 g/mol. The maximum atomic E-state index is 14.2. The third kappa shape index (κ3) is 4.04. The first kappa shape index (κ1) is 15.5. The molecule has 1 aromatic carbocycles. The molecule has 0 N–H and O–H groups in total. The molecular weight excluding hydrogens is 271 g/mol. The molecule has 1 aliphatic rings. The standard InChI is InChI=1S/C16H21FN2O2/c1-3-4-11-21-16(20)13-5-6-15(14(17)12-13)19-9-7-18(2)8-10-19/h3-6,12H,7-11H2,1-2H3/b4-3+. The largest absolute Gasteiger partial charge is 0.458 e. The number of nitrogens with zero attached hydrogens (tertiary/aromatic N) is 2. The van der Waals surface area contributed by atoms with E-state index in [4.69, 9.17) is 4.74 Å². The lowest BCUT2D eigenvalue weighted by Crippen LogP contribution is -2.44. The molecule has 114 valence electrons. The van der Waals surface area contributed by atoms with Crippen LogP contribution in [0.2, 0.25) is 0 Å². The van der Waals surface area contributed by atoms with Crippen LogP contribution in [-0.2, 0) is 4.74 Å². The number of hydrogen-bond donors (Lipinski definition) is 0. The van der Waals surface area contributed by atoms with Crippen LogP contribution >= 0.6 is 0 Å². The van der Waals surface area contributed by atoms with Gasteiger partial charge in [-0.15, -0.1) is 0 Å². The number of carbonyl (C=O) groups excluding carboxylic acids is 1. The Kier molecular flexibility index (Phi) is 5.33. The molecular formula is C16H21FN2O2. The quantitative estimate of drug-likeness (QED) is 0.630. The number of carbonyl (C=O) groups is 1. The number of rotatable bonds is 4. The van der Waals surface area contributed by atoms with E-state index >= 15 is 0 Å². The van der Waals surface area contributed by atoms with Crippen LogP contribution < -0.4 is 4.90 Å². The Balaban J connectivity index is 2.05. The second kappa shape index (κ2) is 7.22. The molecule has 1 aromatic rings. The number of allylic oxidation sites excluding steroid dienone is 1. The maximum Gasteiger partial charge on any atom is 0.338 e. The van der Waals surface area contributed by atoms with Crippen LogP contribution in [-0.4, -0.2) is 50.7 Å². The first-order valence-electron chi connectivity index (χ1n) is 7.13. The predicted molar refractivity (Wildman–Crippen MR) is 81.2 cm³/mol. The number of halogens is 1. The Morgan fingerprint density at radius 3 is 2.67 bits per heavy atom. The van der Waals surface area contributed by atoms with Gasteiger partial charge in [0.1, 0.15) is 12.4 Å². The molecule has 0 atom stereocenters. The van der Waals surface area contributed by atoms with Crippen molar-refractivity contribution >= 4 is 11.7 Å².